The van der Waals surface area contributed by atoms with Crippen molar-refractivity contribution in [2.24, 2.45) is 5.92 Å². The summed E-state index contributed by atoms with van der Waals surface area (Å²) in [5, 5.41) is 5.67. The molecule has 2 amide bonds. The summed E-state index contributed by atoms with van der Waals surface area (Å²) in [5.74, 6) is -0.422. The van der Waals surface area contributed by atoms with Gasteiger partial charge in [-0.1, -0.05) is 35.9 Å². The molecule has 5 nitrogen and oxygen atoms in total. The number of aryl methyl sites for hydroxylation is 1. The van der Waals surface area contributed by atoms with E-state index < -0.39 is 0 Å². The second kappa shape index (κ2) is 9.00. The standard InChI is InChI=1S/C25H23FN2O3/c1-16-6-8-17(9-7-16)25(30)28-21-10-11-23-19(13-21)12-20(15-31-23)24(29)27-14-18-4-2-3-5-22(18)26/h2-11,13,20H,12,14-15H2,1H3,(H,27,29)(H,28,30)/t20-/m0/s1. The summed E-state index contributed by atoms with van der Waals surface area (Å²) in [6.45, 7) is 2.35. The zero-order valence-electron chi connectivity index (χ0n) is 17.2. The van der Waals surface area contributed by atoms with Gasteiger partial charge in [0.25, 0.3) is 5.91 Å². The van der Waals surface area contributed by atoms with Crippen LogP contribution in [-0.4, -0.2) is 18.4 Å². The molecule has 0 unspecified atom stereocenters. The van der Waals surface area contributed by atoms with Crippen LogP contribution in [0.25, 0.3) is 0 Å². The summed E-state index contributed by atoms with van der Waals surface area (Å²) >= 11 is 0. The molecule has 3 aromatic rings. The van der Waals surface area contributed by atoms with E-state index in [0.717, 1.165) is 11.1 Å². The molecule has 0 saturated carbocycles. The van der Waals surface area contributed by atoms with Gasteiger partial charge in [-0.3, -0.25) is 9.59 Å². The monoisotopic (exact) mass is 418 g/mol. The van der Waals surface area contributed by atoms with Crippen LogP contribution in [0, 0.1) is 18.7 Å². The van der Waals surface area contributed by atoms with Crippen molar-refractivity contribution in [2.75, 3.05) is 11.9 Å². The maximum atomic E-state index is 13.8. The fourth-order valence-electron chi connectivity index (χ4n) is 3.52. The molecule has 0 radical (unpaired) electrons. The number of hydrogen-bond donors (Lipinski definition) is 2. The normalized spacial score (nSPS) is 14.8. The Hall–Kier alpha value is -3.67. The van der Waals surface area contributed by atoms with Crippen LogP contribution in [-0.2, 0) is 17.8 Å². The zero-order chi connectivity index (χ0) is 21.8. The van der Waals surface area contributed by atoms with Gasteiger partial charge in [0.1, 0.15) is 18.2 Å². The zero-order valence-corrected chi connectivity index (χ0v) is 17.2. The first-order chi connectivity index (χ1) is 15.0. The lowest BCUT2D eigenvalue weighted by molar-refractivity contribution is -0.126. The average molecular weight is 418 g/mol. The summed E-state index contributed by atoms with van der Waals surface area (Å²) in [7, 11) is 0. The van der Waals surface area contributed by atoms with Gasteiger partial charge in [0, 0.05) is 23.4 Å². The number of benzene rings is 3. The number of halogens is 1. The van der Waals surface area contributed by atoms with Crippen LogP contribution >= 0.6 is 0 Å². The second-order valence-corrected chi connectivity index (χ2v) is 7.66. The Balaban J connectivity index is 1.40. The van der Waals surface area contributed by atoms with E-state index in [0.29, 0.717) is 29.0 Å². The number of amides is 2. The highest BCUT2D eigenvalue weighted by Crippen LogP contribution is 2.30. The molecule has 1 heterocycles. The van der Waals surface area contributed by atoms with E-state index in [1.165, 1.54) is 6.07 Å². The molecule has 0 spiro atoms. The van der Waals surface area contributed by atoms with E-state index in [9.17, 15) is 14.0 Å². The van der Waals surface area contributed by atoms with Crippen LogP contribution in [0.5, 0.6) is 5.75 Å². The Morgan fingerprint density at radius 3 is 2.61 bits per heavy atom. The number of carbonyl (C=O) groups excluding carboxylic acids is 2. The molecule has 31 heavy (non-hydrogen) atoms. The third-order valence-electron chi connectivity index (χ3n) is 5.32. The van der Waals surface area contributed by atoms with Crippen molar-refractivity contribution in [3.05, 3.63) is 94.8 Å². The van der Waals surface area contributed by atoms with Gasteiger partial charge in [0.15, 0.2) is 0 Å². The molecule has 4 rings (SSSR count). The quantitative estimate of drug-likeness (QED) is 0.651. The van der Waals surface area contributed by atoms with Crippen molar-refractivity contribution >= 4 is 17.5 Å². The van der Waals surface area contributed by atoms with Crippen LogP contribution in [0.1, 0.15) is 27.0 Å². The number of rotatable bonds is 5. The van der Waals surface area contributed by atoms with Crippen LogP contribution in [0.3, 0.4) is 0 Å². The predicted octanol–water partition coefficient (Wildman–Crippen LogP) is 4.25. The van der Waals surface area contributed by atoms with Gasteiger partial charge in [-0.15, -0.1) is 0 Å². The highest BCUT2D eigenvalue weighted by molar-refractivity contribution is 6.04. The Morgan fingerprint density at radius 2 is 1.84 bits per heavy atom. The molecular weight excluding hydrogens is 395 g/mol. The summed E-state index contributed by atoms with van der Waals surface area (Å²) in [6.07, 6.45) is 0.479. The van der Waals surface area contributed by atoms with Crippen LogP contribution < -0.4 is 15.4 Å². The average Bonchev–Trinajstić information content (AvgIpc) is 2.78. The Labute approximate surface area is 180 Å². The molecule has 1 aliphatic heterocycles. The van der Waals surface area contributed by atoms with E-state index >= 15 is 0 Å². The van der Waals surface area contributed by atoms with E-state index in [1.807, 2.05) is 25.1 Å². The minimum Gasteiger partial charge on any atom is -0.492 e. The molecular formula is C25H23FN2O3. The van der Waals surface area contributed by atoms with Crippen molar-refractivity contribution in [3.8, 4) is 5.75 Å². The van der Waals surface area contributed by atoms with Crippen molar-refractivity contribution in [1.82, 2.24) is 5.32 Å². The summed E-state index contributed by atoms with van der Waals surface area (Å²) in [4.78, 5) is 25.1. The second-order valence-electron chi connectivity index (χ2n) is 7.66. The molecule has 0 aromatic heterocycles. The van der Waals surface area contributed by atoms with Gasteiger partial charge in [-0.25, -0.2) is 4.39 Å². The predicted molar refractivity (Wildman–Crippen MR) is 117 cm³/mol. The lowest BCUT2D eigenvalue weighted by Crippen LogP contribution is -2.37. The first-order valence-electron chi connectivity index (χ1n) is 10.1. The third kappa shape index (κ3) is 4.91. The molecule has 0 bridgehead atoms. The van der Waals surface area contributed by atoms with E-state index in [4.69, 9.17) is 4.74 Å². The van der Waals surface area contributed by atoms with Crippen LogP contribution in [0.15, 0.2) is 66.7 Å². The summed E-state index contributed by atoms with van der Waals surface area (Å²) < 4.78 is 19.5. The van der Waals surface area contributed by atoms with Crippen LogP contribution in [0.4, 0.5) is 10.1 Å². The number of carbonyl (C=O) groups is 2. The summed E-state index contributed by atoms with van der Waals surface area (Å²) in [5.41, 5.74) is 3.58. The molecule has 0 aliphatic carbocycles. The Kier molecular flexibility index (Phi) is 5.98. The first kappa shape index (κ1) is 20.6. The van der Waals surface area contributed by atoms with Gasteiger partial charge in [-0.2, -0.15) is 0 Å². The largest absolute Gasteiger partial charge is 0.492 e. The topological polar surface area (TPSA) is 67.4 Å². The molecule has 1 aliphatic rings. The minimum atomic E-state index is -0.387. The third-order valence-corrected chi connectivity index (χ3v) is 5.32. The lowest BCUT2D eigenvalue weighted by Gasteiger charge is -2.25. The number of fused-ring (bicyclic) bond motifs is 1. The molecule has 1 atom stereocenters. The van der Waals surface area contributed by atoms with Crippen molar-refractivity contribution < 1.29 is 18.7 Å². The Bertz CT molecular complexity index is 1110. The highest BCUT2D eigenvalue weighted by atomic mass is 19.1. The van der Waals surface area contributed by atoms with Gasteiger partial charge in [-0.05, 0) is 55.3 Å². The van der Waals surface area contributed by atoms with E-state index in [2.05, 4.69) is 10.6 Å². The molecule has 6 heteroatoms. The fraction of sp³-hybridized carbons (Fsp3) is 0.200. The van der Waals surface area contributed by atoms with Gasteiger partial charge in [0.2, 0.25) is 5.91 Å². The maximum Gasteiger partial charge on any atom is 0.255 e. The van der Waals surface area contributed by atoms with Crippen molar-refractivity contribution in [2.45, 2.75) is 19.9 Å². The lowest BCUT2D eigenvalue weighted by atomic mass is 9.95. The van der Waals surface area contributed by atoms with Crippen molar-refractivity contribution in [1.29, 1.82) is 0 Å². The summed E-state index contributed by atoms with van der Waals surface area (Å²) in [6, 6.07) is 19.1. The van der Waals surface area contributed by atoms with E-state index in [-0.39, 0.29) is 36.7 Å². The van der Waals surface area contributed by atoms with E-state index in [1.54, 1.807) is 42.5 Å². The van der Waals surface area contributed by atoms with Gasteiger partial charge < -0.3 is 15.4 Å². The van der Waals surface area contributed by atoms with Gasteiger partial charge >= 0.3 is 0 Å². The molecule has 158 valence electrons. The molecule has 3 aromatic carbocycles. The fourth-order valence-corrected chi connectivity index (χ4v) is 3.52. The first-order valence-corrected chi connectivity index (χ1v) is 10.1. The number of ether oxygens (including phenoxy) is 1. The maximum absolute atomic E-state index is 13.8. The number of nitrogens with one attached hydrogen (secondary N) is 2. The highest BCUT2D eigenvalue weighted by Gasteiger charge is 2.26. The number of hydrogen-bond acceptors (Lipinski definition) is 3. The molecule has 0 saturated heterocycles. The van der Waals surface area contributed by atoms with Gasteiger partial charge in [0.05, 0.1) is 5.92 Å². The van der Waals surface area contributed by atoms with Crippen molar-refractivity contribution in [3.63, 3.8) is 0 Å². The minimum absolute atomic E-state index is 0.126. The number of anilines is 1. The molecule has 0 fully saturated rings. The van der Waals surface area contributed by atoms with Crippen LogP contribution in [0.2, 0.25) is 0 Å². The SMILES string of the molecule is Cc1ccc(C(=O)Nc2ccc3c(c2)C[C@H](C(=O)NCc2ccccc2F)CO3)cc1. The molecule has 2 N–H and O–H groups in total. The Morgan fingerprint density at radius 1 is 1.06 bits per heavy atom. The smallest absolute Gasteiger partial charge is 0.255 e.